The second-order valence-electron chi connectivity index (χ2n) is 5.10. The van der Waals surface area contributed by atoms with Crippen LogP contribution in [0.5, 0.6) is 17.2 Å². The van der Waals surface area contributed by atoms with Crippen molar-refractivity contribution in [3.63, 3.8) is 0 Å². The molecule has 0 spiro atoms. The Labute approximate surface area is 180 Å². The maximum Gasteiger partial charge on any atom is 0 e. The van der Waals surface area contributed by atoms with Gasteiger partial charge in [0.1, 0.15) is 5.75 Å². The first kappa shape index (κ1) is 31.0. The molecule has 1 atom stereocenters. The zero-order valence-electron chi connectivity index (χ0n) is 16.4. The number of nitrogens with two attached hydrogens (primary N) is 1. The zero-order chi connectivity index (χ0) is 22.3. The minimum absolute atomic E-state index is 0. The quantitative estimate of drug-likeness (QED) is 0.191. The summed E-state index contributed by atoms with van der Waals surface area (Å²) in [5, 5.41) is 0. The molecule has 0 saturated carbocycles. The third-order valence-electron chi connectivity index (χ3n) is 3.67. The summed E-state index contributed by atoms with van der Waals surface area (Å²) >= 11 is 0. The number of carbonyl (C=O) groups is 1. The van der Waals surface area contributed by atoms with E-state index in [0.29, 0.717) is 28.5 Å². The summed E-state index contributed by atoms with van der Waals surface area (Å²) in [6.07, 6.45) is 8.75. The van der Waals surface area contributed by atoms with Crippen molar-refractivity contribution in [1.82, 2.24) is 0 Å². The van der Waals surface area contributed by atoms with E-state index >= 15 is 0 Å². The average Bonchev–Trinajstić information content (AvgIpc) is 2.73. The van der Waals surface area contributed by atoms with Gasteiger partial charge in [-0.2, -0.15) is 0 Å². The van der Waals surface area contributed by atoms with Crippen LogP contribution in [0.2, 0.25) is 0 Å². The molecule has 1 aliphatic carbocycles. The predicted octanol–water partition coefficient (Wildman–Crippen LogP) is 3.00. The van der Waals surface area contributed by atoms with Gasteiger partial charge >= 0.3 is 39.9 Å². The summed E-state index contributed by atoms with van der Waals surface area (Å²) in [4.78, 5) is 11.5. The SMILES string of the molecule is COc1c(C)c(OC)c(OC(C)=O)c([C@H]2C=CC=CC2)c1N.[C-]#[O+].[C-]#[O+].[C-]#[O+].[Fe]. The Bertz CT molecular complexity index is 765. The van der Waals surface area contributed by atoms with Gasteiger partial charge in [0.05, 0.1) is 19.9 Å². The minimum atomic E-state index is -0.418. The van der Waals surface area contributed by atoms with Crippen LogP contribution in [0.4, 0.5) is 5.69 Å². The van der Waals surface area contributed by atoms with Gasteiger partial charge in [0.25, 0.3) is 0 Å². The molecule has 2 N–H and O–H groups in total. The first-order chi connectivity index (χ1) is 13.5. The minimum Gasteiger partial charge on any atom is 0 e. The Hall–Kier alpha value is -2.69. The number of hydrogen-bond acceptors (Lipinski definition) is 5. The fourth-order valence-electron chi connectivity index (χ4n) is 2.76. The topological polar surface area (TPSA) is 130 Å². The van der Waals surface area contributed by atoms with Crippen LogP contribution >= 0.6 is 0 Å². The van der Waals surface area contributed by atoms with Gasteiger partial charge in [-0.1, -0.05) is 24.3 Å². The summed E-state index contributed by atoms with van der Waals surface area (Å²) in [5.74, 6) is 0.974. The predicted molar refractivity (Wildman–Crippen MR) is 97.4 cm³/mol. The molecule has 29 heavy (non-hydrogen) atoms. The number of esters is 1. The van der Waals surface area contributed by atoms with Gasteiger partial charge in [-0.15, -0.1) is 0 Å². The van der Waals surface area contributed by atoms with E-state index in [1.807, 2.05) is 31.2 Å². The molecule has 0 heterocycles. The molecule has 9 heteroatoms. The zero-order valence-corrected chi connectivity index (χ0v) is 17.5. The van der Waals surface area contributed by atoms with Gasteiger partial charge in [-0.05, 0) is 13.3 Å². The number of anilines is 1. The van der Waals surface area contributed by atoms with Crippen LogP contribution in [0.25, 0.3) is 0 Å². The van der Waals surface area contributed by atoms with Gasteiger partial charge in [0.2, 0.25) is 0 Å². The third-order valence-corrected chi connectivity index (χ3v) is 3.67. The fourth-order valence-corrected chi connectivity index (χ4v) is 2.76. The van der Waals surface area contributed by atoms with Crippen molar-refractivity contribution in [3.05, 3.63) is 55.4 Å². The molecule has 8 nitrogen and oxygen atoms in total. The smallest absolute Gasteiger partial charge is 0 e. The van der Waals surface area contributed by atoms with Crippen LogP contribution in [-0.2, 0) is 35.8 Å². The summed E-state index contributed by atoms with van der Waals surface area (Å²) in [6.45, 7) is 16.7. The van der Waals surface area contributed by atoms with Gasteiger partial charge < -0.3 is 19.9 Å². The molecule has 1 aliphatic rings. The summed E-state index contributed by atoms with van der Waals surface area (Å²) in [6, 6.07) is 0. The molecule has 0 aliphatic heterocycles. The number of nitrogen functional groups attached to an aromatic ring is 1. The Morgan fingerprint density at radius 1 is 1.03 bits per heavy atom. The van der Waals surface area contributed by atoms with Crippen molar-refractivity contribution in [2.45, 2.75) is 26.2 Å². The van der Waals surface area contributed by atoms with Crippen LogP contribution in [-0.4, -0.2) is 20.2 Å². The number of benzene rings is 1. The first-order valence-corrected chi connectivity index (χ1v) is 7.68. The van der Waals surface area contributed by atoms with E-state index in [-0.39, 0.29) is 23.0 Å². The molecule has 0 bridgehead atoms. The average molecular weight is 443 g/mol. The van der Waals surface area contributed by atoms with Crippen molar-refractivity contribution >= 4 is 11.7 Å². The van der Waals surface area contributed by atoms with Crippen LogP contribution in [0.1, 0.15) is 30.4 Å². The molecule has 0 unspecified atom stereocenters. The molecule has 1 aromatic carbocycles. The standard InChI is InChI=1S/C17H21NO4.3CO.Fe/c1-10-15(20-3)14(18)13(12-8-6-5-7-9-12)17(16(10)21-4)22-11(2)19;3*1-2;/h5-8,12H,9,18H2,1-4H3;;;;/t12-;;;;/m0..../s1. The molecule has 156 valence electrons. The van der Waals surface area contributed by atoms with Gasteiger partial charge in [0.15, 0.2) is 11.5 Å². The van der Waals surface area contributed by atoms with E-state index in [9.17, 15) is 4.79 Å². The molecular weight excluding hydrogens is 422 g/mol. The van der Waals surface area contributed by atoms with E-state index in [1.54, 1.807) is 7.11 Å². The number of methoxy groups -OCH3 is 2. The molecule has 0 amide bonds. The molecule has 0 radical (unpaired) electrons. The van der Waals surface area contributed by atoms with E-state index in [4.69, 9.17) is 33.9 Å². The number of carbonyl (C=O) groups excluding carboxylic acids is 1. The van der Waals surface area contributed by atoms with Crippen LogP contribution in [0.15, 0.2) is 24.3 Å². The van der Waals surface area contributed by atoms with Gasteiger partial charge in [-0.25, -0.2) is 0 Å². The van der Waals surface area contributed by atoms with Crippen molar-refractivity contribution in [3.8, 4) is 17.2 Å². The molecule has 2 rings (SSSR count). The number of rotatable bonds is 4. The second-order valence-corrected chi connectivity index (χ2v) is 5.10. The molecule has 1 aromatic rings. The number of ether oxygens (including phenoxy) is 3. The molecule has 0 aromatic heterocycles. The van der Waals surface area contributed by atoms with E-state index in [2.05, 4.69) is 20.0 Å². The third kappa shape index (κ3) is 8.06. The Balaban J connectivity index is -0.000000883. The maximum absolute atomic E-state index is 11.5. The number of hydrogen-bond donors (Lipinski definition) is 1. The van der Waals surface area contributed by atoms with Gasteiger partial charge in [0, 0.05) is 41.0 Å². The first-order valence-electron chi connectivity index (χ1n) is 7.68. The summed E-state index contributed by atoms with van der Waals surface area (Å²) < 4.78 is 38.8. The molecule has 0 saturated heterocycles. The Morgan fingerprint density at radius 2 is 1.55 bits per heavy atom. The Kier molecular flexibility index (Phi) is 18.6. The number of allylic oxidation sites excluding steroid dienone is 4. The fraction of sp³-hybridized carbons (Fsp3) is 0.300. The van der Waals surface area contributed by atoms with Crippen LogP contribution in [0, 0.1) is 26.9 Å². The second kappa shape index (κ2) is 17.4. The van der Waals surface area contributed by atoms with E-state index < -0.39 is 5.97 Å². The van der Waals surface area contributed by atoms with Crippen LogP contribution < -0.4 is 19.9 Å². The summed E-state index contributed by atoms with van der Waals surface area (Å²) in [7, 11) is 3.09. The van der Waals surface area contributed by atoms with E-state index in [1.165, 1.54) is 14.0 Å². The van der Waals surface area contributed by atoms with Gasteiger partial charge in [-0.3, -0.25) is 4.79 Å². The van der Waals surface area contributed by atoms with Crippen molar-refractivity contribution in [1.29, 1.82) is 0 Å². The Morgan fingerprint density at radius 3 is 1.93 bits per heavy atom. The van der Waals surface area contributed by atoms with Crippen molar-refractivity contribution < 1.29 is 50.0 Å². The summed E-state index contributed by atoms with van der Waals surface area (Å²) in [5.41, 5.74) is 8.19. The maximum atomic E-state index is 11.5. The normalized spacial score (nSPS) is 12.7. The molecular formula is C20H21FeNO7. The molecule has 0 fully saturated rings. The van der Waals surface area contributed by atoms with Crippen molar-refractivity contribution in [2.24, 2.45) is 0 Å². The largest absolute Gasteiger partial charge is 0 e. The monoisotopic (exact) mass is 443 g/mol. The van der Waals surface area contributed by atoms with E-state index in [0.717, 1.165) is 12.0 Å². The van der Waals surface area contributed by atoms with Crippen molar-refractivity contribution in [2.75, 3.05) is 20.0 Å². The van der Waals surface area contributed by atoms with Crippen LogP contribution in [0.3, 0.4) is 0 Å².